The lowest BCUT2D eigenvalue weighted by Crippen LogP contribution is -2.13. The molecular weight excluding hydrogens is 238 g/mol. The van der Waals surface area contributed by atoms with Gasteiger partial charge in [0.1, 0.15) is 0 Å². The molecule has 0 amide bonds. The van der Waals surface area contributed by atoms with Gasteiger partial charge in [-0.15, -0.1) is 11.8 Å². The van der Waals surface area contributed by atoms with E-state index in [0.717, 1.165) is 18.3 Å². The molecule has 0 bridgehead atoms. The third-order valence-corrected chi connectivity index (χ3v) is 4.84. The second-order valence-electron chi connectivity index (χ2n) is 5.20. The highest BCUT2D eigenvalue weighted by molar-refractivity contribution is 8.00. The fraction of sp³-hybridized carbons (Fsp3) is 0.625. The van der Waals surface area contributed by atoms with Crippen LogP contribution in [0.1, 0.15) is 51.0 Å². The fourth-order valence-electron chi connectivity index (χ4n) is 2.51. The predicted molar refractivity (Wildman–Crippen MR) is 81.2 cm³/mol. The Morgan fingerprint density at radius 2 is 2.06 bits per heavy atom. The minimum Gasteiger partial charge on any atom is -0.313 e. The van der Waals surface area contributed by atoms with E-state index in [1.807, 2.05) is 0 Å². The van der Waals surface area contributed by atoms with E-state index in [2.05, 4.69) is 48.3 Å². The fourth-order valence-corrected chi connectivity index (χ4v) is 3.84. The zero-order chi connectivity index (χ0) is 12.6. The van der Waals surface area contributed by atoms with Gasteiger partial charge in [0.15, 0.2) is 0 Å². The molecule has 1 aliphatic rings. The molecule has 0 atom stereocenters. The van der Waals surface area contributed by atoms with E-state index in [-0.39, 0.29) is 0 Å². The topological polar surface area (TPSA) is 12.0 Å². The average molecular weight is 263 g/mol. The maximum atomic E-state index is 3.47. The van der Waals surface area contributed by atoms with Crippen molar-refractivity contribution >= 4 is 11.8 Å². The van der Waals surface area contributed by atoms with Crippen LogP contribution in [0.3, 0.4) is 0 Å². The molecule has 0 aliphatic heterocycles. The van der Waals surface area contributed by atoms with Crippen molar-refractivity contribution < 1.29 is 0 Å². The summed E-state index contributed by atoms with van der Waals surface area (Å²) in [6, 6.07) is 9.06. The largest absolute Gasteiger partial charge is 0.313 e. The van der Waals surface area contributed by atoms with E-state index in [0.29, 0.717) is 0 Å². The summed E-state index contributed by atoms with van der Waals surface area (Å²) in [5, 5.41) is 4.33. The van der Waals surface area contributed by atoms with E-state index in [4.69, 9.17) is 0 Å². The first kappa shape index (κ1) is 14.0. The Morgan fingerprint density at radius 1 is 1.22 bits per heavy atom. The van der Waals surface area contributed by atoms with E-state index in [1.165, 1.54) is 49.0 Å². The Morgan fingerprint density at radius 3 is 2.83 bits per heavy atom. The number of hydrogen-bond acceptors (Lipinski definition) is 2. The second kappa shape index (κ2) is 7.85. The van der Waals surface area contributed by atoms with Crippen LogP contribution < -0.4 is 5.32 Å². The van der Waals surface area contributed by atoms with Crippen LogP contribution in [0.25, 0.3) is 0 Å². The van der Waals surface area contributed by atoms with Gasteiger partial charge in [0.25, 0.3) is 0 Å². The Labute approximate surface area is 116 Å². The van der Waals surface area contributed by atoms with Gasteiger partial charge >= 0.3 is 0 Å². The monoisotopic (exact) mass is 263 g/mol. The van der Waals surface area contributed by atoms with Crippen molar-refractivity contribution in [2.24, 2.45) is 0 Å². The molecule has 0 saturated heterocycles. The summed E-state index contributed by atoms with van der Waals surface area (Å²) in [6.07, 6.45) is 8.31. The van der Waals surface area contributed by atoms with E-state index in [1.54, 1.807) is 0 Å². The van der Waals surface area contributed by atoms with E-state index >= 15 is 0 Å². The minimum absolute atomic E-state index is 0.859. The summed E-state index contributed by atoms with van der Waals surface area (Å²) in [5.41, 5.74) is 1.42. The number of benzene rings is 1. The molecule has 1 aliphatic carbocycles. The standard InChI is InChI=1S/C16H25NS/c1-2-11-17-13-14-7-6-10-16(12-14)18-15-8-4-3-5-9-15/h6-7,10,12,15,17H,2-5,8-9,11,13H2,1H3. The van der Waals surface area contributed by atoms with Crippen LogP contribution in [0.2, 0.25) is 0 Å². The second-order valence-corrected chi connectivity index (χ2v) is 6.58. The number of hydrogen-bond donors (Lipinski definition) is 1. The van der Waals surface area contributed by atoms with Crippen molar-refractivity contribution in [2.45, 2.75) is 62.1 Å². The highest BCUT2D eigenvalue weighted by Gasteiger charge is 2.14. The molecule has 1 fully saturated rings. The highest BCUT2D eigenvalue weighted by Crippen LogP contribution is 2.33. The van der Waals surface area contributed by atoms with E-state index in [9.17, 15) is 0 Å². The summed E-state index contributed by atoms with van der Waals surface area (Å²) in [6.45, 7) is 4.33. The van der Waals surface area contributed by atoms with Crippen LogP contribution in [-0.2, 0) is 6.54 Å². The summed E-state index contributed by atoms with van der Waals surface area (Å²) in [5.74, 6) is 0. The SMILES string of the molecule is CCCNCc1cccc(SC2CCCCC2)c1. The van der Waals surface area contributed by atoms with Crippen LogP contribution >= 0.6 is 11.8 Å². The number of rotatable bonds is 6. The Bertz CT molecular complexity index is 345. The molecular formula is C16H25NS. The molecule has 2 heteroatoms. The van der Waals surface area contributed by atoms with Gasteiger partial charge in [0.2, 0.25) is 0 Å². The third-order valence-electron chi connectivity index (χ3n) is 3.51. The van der Waals surface area contributed by atoms with Gasteiger partial charge in [0.05, 0.1) is 0 Å². The zero-order valence-electron chi connectivity index (χ0n) is 11.5. The van der Waals surface area contributed by atoms with Crippen LogP contribution in [0.4, 0.5) is 0 Å². The van der Waals surface area contributed by atoms with Crippen LogP contribution in [0.15, 0.2) is 29.2 Å². The zero-order valence-corrected chi connectivity index (χ0v) is 12.3. The molecule has 1 nitrogen and oxygen atoms in total. The first-order valence-electron chi connectivity index (χ1n) is 7.35. The molecule has 0 spiro atoms. The molecule has 1 saturated carbocycles. The maximum Gasteiger partial charge on any atom is 0.0205 e. The molecule has 100 valence electrons. The van der Waals surface area contributed by atoms with Gasteiger partial charge in [-0.3, -0.25) is 0 Å². The summed E-state index contributed by atoms with van der Waals surface area (Å²) < 4.78 is 0. The molecule has 18 heavy (non-hydrogen) atoms. The average Bonchev–Trinajstić information content (AvgIpc) is 2.41. The van der Waals surface area contributed by atoms with Crippen LogP contribution in [0.5, 0.6) is 0 Å². The minimum atomic E-state index is 0.859. The molecule has 1 aromatic rings. The predicted octanol–water partition coefficient (Wildman–Crippen LogP) is 4.61. The number of thioether (sulfide) groups is 1. The Kier molecular flexibility index (Phi) is 6.09. The van der Waals surface area contributed by atoms with Gasteiger partial charge in [-0.1, -0.05) is 38.3 Å². The Hall–Kier alpha value is -0.470. The van der Waals surface area contributed by atoms with Crippen LogP contribution in [0, 0.1) is 0 Å². The quantitative estimate of drug-likeness (QED) is 0.752. The lowest BCUT2D eigenvalue weighted by atomic mass is 10.0. The van der Waals surface area contributed by atoms with Crippen molar-refractivity contribution in [3.05, 3.63) is 29.8 Å². The molecule has 0 heterocycles. The normalized spacial score (nSPS) is 16.9. The highest BCUT2D eigenvalue weighted by atomic mass is 32.2. The number of nitrogens with one attached hydrogen (secondary N) is 1. The summed E-state index contributed by atoms with van der Waals surface area (Å²) >= 11 is 2.09. The Balaban J connectivity index is 1.85. The molecule has 1 aromatic carbocycles. The molecule has 1 N–H and O–H groups in total. The van der Waals surface area contributed by atoms with Gasteiger partial charge < -0.3 is 5.32 Å². The van der Waals surface area contributed by atoms with Crippen molar-refractivity contribution in [3.8, 4) is 0 Å². The van der Waals surface area contributed by atoms with Crippen molar-refractivity contribution in [1.29, 1.82) is 0 Å². The molecule has 2 rings (SSSR count). The smallest absolute Gasteiger partial charge is 0.0205 e. The molecule has 0 radical (unpaired) electrons. The van der Waals surface area contributed by atoms with E-state index < -0.39 is 0 Å². The van der Waals surface area contributed by atoms with Gasteiger partial charge in [0, 0.05) is 16.7 Å². The van der Waals surface area contributed by atoms with Crippen molar-refractivity contribution in [1.82, 2.24) is 5.32 Å². The first-order chi connectivity index (χ1) is 8.88. The summed E-state index contributed by atoms with van der Waals surface area (Å²) in [7, 11) is 0. The van der Waals surface area contributed by atoms with Crippen molar-refractivity contribution in [2.75, 3.05) is 6.54 Å². The lowest BCUT2D eigenvalue weighted by Gasteiger charge is -2.21. The van der Waals surface area contributed by atoms with Crippen molar-refractivity contribution in [3.63, 3.8) is 0 Å². The van der Waals surface area contributed by atoms with Gasteiger partial charge in [-0.05, 0) is 43.5 Å². The maximum absolute atomic E-state index is 3.47. The van der Waals surface area contributed by atoms with Crippen LogP contribution in [-0.4, -0.2) is 11.8 Å². The van der Waals surface area contributed by atoms with Gasteiger partial charge in [-0.25, -0.2) is 0 Å². The summed E-state index contributed by atoms with van der Waals surface area (Å²) in [4.78, 5) is 1.46. The van der Waals surface area contributed by atoms with Gasteiger partial charge in [-0.2, -0.15) is 0 Å². The third kappa shape index (κ3) is 4.66. The molecule has 0 unspecified atom stereocenters. The molecule has 0 aromatic heterocycles. The lowest BCUT2D eigenvalue weighted by molar-refractivity contribution is 0.516. The first-order valence-corrected chi connectivity index (χ1v) is 8.23.